The highest BCUT2D eigenvalue weighted by molar-refractivity contribution is 5.97. The predicted octanol–water partition coefficient (Wildman–Crippen LogP) is 2.94. The van der Waals surface area contributed by atoms with Gasteiger partial charge in [-0.1, -0.05) is 20.8 Å². The summed E-state index contributed by atoms with van der Waals surface area (Å²) in [5, 5.41) is 5.43. The third kappa shape index (κ3) is 5.32. The van der Waals surface area contributed by atoms with Gasteiger partial charge in [0.1, 0.15) is 11.9 Å². The molecule has 1 aromatic heterocycles. The van der Waals surface area contributed by atoms with Crippen molar-refractivity contribution in [2.24, 2.45) is 5.41 Å². The molecule has 7 nitrogen and oxygen atoms in total. The van der Waals surface area contributed by atoms with Crippen LogP contribution in [0.2, 0.25) is 0 Å². The van der Waals surface area contributed by atoms with Crippen molar-refractivity contribution >= 4 is 11.8 Å². The molecule has 32 heavy (non-hydrogen) atoms. The van der Waals surface area contributed by atoms with Crippen LogP contribution >= 0.6 is 0 Å². The summed E-state index contributed by atoms with van der Waals surface area (Å²) in [5.74, 6) is -2.25. The highest BCUT2D eigenvalue weighted by atomic mass is 19.2. The van der Waals surface area contributed by atoms with Gasteiger partial charge < -0.3 is 20.1 Å². The number of amides is 2. The maximum Gasteiger partial charge on any atom is 0.272 e. The van der Waals surface area contributed by atoms with Crippen LogP contribution in [-0.2, 0) is 17.9 Å². The highest BCUT2D eigenvalue weighted by Crippen LogP contribution is 2.28. The summed E-state index contributed by atoms with van der Waals surface area (Å²) in [5.41, 5.74) is 1.09. The molecule has 0 radical (unpaired) electrons. The van der Waals surface area contributed by atoms with Gasteiger partial charge >= 0.3 is 0 Å². The molecule has 2 amide bonds. The van der Waals surface area contributed by atoms with Crippen LogP contribution in [0.5, 0.6) is 0 Å². The van der Waals surface area contributed by atoms with Crippen molar-refractivity contribution in [3.63, 3.8) is 0 Å². The monoisotopic (exact) mass is 447 g/mol. The molecule has 174 valence electrons. The smallest absolute Gasteiger partial charge is 0.272 e. The van der Waals surface area contributed by atoms with E-state index in [4.69, 9.17) is 0 Å². The Morgan fingerprint density at radius 2 is 1.91 bits per heavy atom. The number of benzene rings is 1. The van der Waals surface area contributed by atoms with E-state index in [1.54, 1.807) is 0 Å². The van der Waals surface area contributed by atoms with Gasteiger partial charge in [-0.05, 0) is 50.0 Å². The van der Waals surface area contributed by atoms with Crippen LogP contribution in [0.4, 0.5) is 8.78 Å². The van der Waals surface area contributed by atoms with Gasteiger partial charge in [0.15, 0.2) is 17.3 Å². The van der Waals surface area contributed by atoms with Crippen molar-refractivity contribution < 1.29 is 18.4 Å². The lowest BCUT2D eigenvalue weighted by atomic mass is 9.87. The normalized spacial score (nSPS) is 15.6. The third-order valence-corrected chi connectivity index (χ3v) is 5.49. The van der Waals surface area contributed by atoms with Crippen molar-refractivity contribution in [1.82, 2.24) is 25.1 Å². The number of hydrogen-bond acceptors (Lipinski definition) is 4. The van der Waals surface area contributed by atoms with E-state index in [2.05, 4.69) is 20.5 Å². The van der Waals surface area contributed by atoms with Crippen LogP contribution in [0.25, 0.3) is 11.4 Å². The third-order valence-electron chi connectivity index (χ3n) is 5.49. The van der Waals surface area contributed by atoms with Crippen molar-refractivity contribution in [1.29, 1.82) is 0 Å². The van der Waals surface area contributed by atoms with Gasteiger partial charge in [0.25, 0.3) is 5.91 Å². The number of aromatic nitrogens is 2. The molecule has 0 spiro atoms. The highest BCUT2D eigenvalue weighted by Gasteiger charge is 2.30. The van der Waals surface area contributed by atoms with E-state index < -0.39 is 23.6 Å². The van der Waals surface area contributed by atoms with Gasteiger partial charge in [0, 0.05) is 25.7 Å². The Morgan fingerprint density at radius 3 is 2.53 bits per heavy atom. The van der Waals surface area contributed by atoms with Crippen molar-refractivity contribution in [3.8, 4) is 11.4 Å². The van der Waals surface area contributed by atoms with Gasteiger partial charge in [-0.3, -0.25) is 9.59 Å². The summed E-state index contributed by atoms with van der Waals surface area (Å²) in [6.07, 6.45) is 1.27. The van der Waals surface area contributed by atoms with Crippen LogP contribution in [0, 0.1) is 17.0 Å². The Labute approximate surface area is 187 Å². The van der Waals surface area contributed by atoms with E-state index in [-0.39, 0.29) is 17.0 Å². The minimum absolute atomic E-state index is 0.188. The van der Waals surface area contributed by atoms with Gasteiger partial charge in [-0.2, -0.15) is 0 Å². The van der Waals surface area contributed by atoms with E-state index in [1.165, 1.54) is 13.1 Å². The van der Waals surface area contributed by atoms with Crippen LogP contribution in [0.3, 0.4) is 0 Å². The number of nitrogens with one attached hydrogen (secondary N) is 2. The fourth-order valence-electron chi connectivity index (χ4n) is 3.98. The molecule has 0 fully saturated rings. The van der Waals surface area contributed by atoms with E-state index in [1.807, 2.05) is 32.4 Å². The number of likely N-dealkylation sites (N-methyl/N-ethyl adjacent to an activating group) is 1. The molecule has 1 atom stereocenters. The lowest BCUT2D eigenvalue weighted by Gasteiger charge is -2.25. The minimum atomic E-state index is -0.971. The second-order valence-corrected chi connectivity index (χ2v) is 9.51. The molecule has 2 aromatic rings. The molecule has 9 heteroatoms. The number of fused-ring (bicyclic) bond motifs is 1. The molecule has 0 saturated carbocycles. The van der Waals surface area contributed by atoms with E-state index >= 15 is 0 Å². The second-order valence-electron chi connectivity index (χ2n) is 9.51. The zero-order valence-corrected chi connectivity index (χ0v) is 19.3. The number of carbonyl (C=O) groups is 2. The van der Waals surface area contributed by atoms with Gasteiger partial charge in [0.2, 0.25) is 5.91 Å². The topological polar surface area (TPSA) is 79.3 Å². The number of imidazole rings is 1. The van der Waals surface area contributed by atoms with Crippen LogP contribution < -0.4 is 10.6 Å². The minimum Gasteiger partial charge on any atom is -0.357 e. The molecule has 1 aromatic carbocycles. The first kappa shape index (κ1) is 23.8. The summed E-state index contributed by atoms with van der Waals surface area (Å²) in [4.78, 5) is 32.3. The Morgan fingerprint density at radius 1 is 1.19 bits per heavy atom. The van der Waals surface area contributed by atoms with Crippen LogP contribution in [0.15, 0.2) is 18.2 Å². The first-order valence-electron chi connectivity index (χ1n) is 10.8. The van der Waals surface area contributed by atoms with E-state index in [9.17, 15) is 18.4 Å². The van der Waals surface area contributed by atoms with Gasteiger partial charge in [-0.25, -0.2) is 13.8 Å². The molecule has 1 unspecified atom stereocenters. The fraction of sp³-hybridized carbons (Fsp3) is 0.522. The molecule has 1 aliphatic heterocycles. The number of halogens is 2. The molecule has 0 bridgehead atoms. The molecule has 2 heterocycles. The standard InChI is InChI=1S/C23H31F2N5O2/c1-23(2,3)12-17(21(31)26-4)27-22(32)19-18-13-29(5)9-6-10-30(18)20(28-19)14-7-8-15(24)16(25)11-14/h7-8,11,17H,6,9-10,12-13H2,1-5H3,(H,26,31)(H,27,32). The number of hydrogen-bond donors (Lipinski definition) is 2. The quantitative estimate of drug-likeness (QED) is 0.739. The van der Waals surface area contributed by atoms with Gasteiger partial charge in [0.05, 0.1) is 5.69 Å². The molecular formula is C23H31F2N5O2. The molecular weight excluding hydrogens is 416 g/mol. The molecule has 1 aliphatic rings. The summed E-state index contributed by atoms with van der Waals surface area (Å²) in [7, 11) is 3.48. The summed E-state index contributed by atoms with van der Waals surface area (Å²) < 4.78 is 29.3. The second kappa shape index (κ2) is 9.36. The maximum absolute atomic E-state index is 13.9. The largest absolute Gasteiger partial charge is 0.357 e. The Hall–Kier alpha value is -2.81. The number of nitrogens with zero attached hydrogens (tertiary/aromatic N) is 3. The maximum atomic E-state index is 13.9. The average Bonchev–Trinajstić information content (AvgIpc) is 2.94. The van der Waals surface area contributed by atoms with Crippen molar-refractivity contribution in [2.45, 2.75) is 52.7 Å². The van der Waals surface area contributed by atoms with Crippen LogP contribution in [-0.4, -0.2) is 52.9 Å². The van der Waals surface area contributed by atoms with Gasteiger partial charge in [-0.15, -0.1) is 0 Å². The predicted molar refractivity (Wildman–Crippen MR) is 118 cm³/mol. The molecule has 0 aliphatic carbocycles. The van der Waals surface area contributed by atoms with Crippen molar-refractivity contribution in [3.05, 3.63) is 41.2 Å². The average molecular weight is 448 g/mol. The summed E-state index contributed by atoms with van der Waals surface area (Å²) in [6, 6.07) is 2.88. The van der Waals surface area contributed by atoms with Crippen molar-refractivity contribution in [2.75, 3.05) is 20.6 Å². The molecule has 2 N–H and O–H groups in total. The molecule has 3 rings (SSSR count). The lowest BCUT2D eigenvalue weighted by Crippen LogP contribution is -2.47. The Balaban J connectivity index is 2.03. The van der Waals surface area contributed by atoms with E-state index in [0.717, 1.165) is 25.1 Å². The first-order chi connectivity index (χ1) is 15.0. The fourth-order valence-corrected chi connectivity index (χ4v) is 3.98. The lowest BCUT2D eigenvalue weighted by molar-refractivity contribution is -0.123. The Kier molecular flexibility index (Phi) is 6.97. The van der Waals surface area contributed by atoms with E-state index in [0.29, 0.717) is 36.6 Å². The summed E-state index contributed by atoms with van der Waals surface area (Å²) >= 11 is 0. The summed E-state index contributed by atoms with van der Waals surface area (Å²) in [6.45, 7) is 7.87. The SMILES string of the molecule is CNC(=O)C(CC(C)(C)C)NC(=O)c1nc(-c2ccc(F)c(F)c2)n2c1CN(C)CCC2. The zero-order chi connectivity index (χ0) is 23.6. The number of rotatable bonds is 5. The molecule has 0 saturated heterocycles. The Bertz CT molecular complexity index is 1010. The first-order valence-corrected chi connectivity index (χ1v) is 10.8. The zero-order valence-electron chi connectivity index (χ0n) is 19.3. The van der Waals surface area contributed by atoms with Crippen LogP contribution in [0.1, 0.15) is 49.8 Å². The number of carbonyl (C=O) groups excluding carboxylic acids is 2.